The van der Waals surface area contributed by atoms with Crippen LogP contribution >= 0.6 is 0 Å². The number of nitrogens with zero attached hydrogens (tertiary/aromatic N) is 2. The highest BCUT2D eigenvalue weighted by Gasteiger charge is 2.38. The summed E-state index contributed by atoms with van der Waals surface area (Å²) in [5.41, 5.74) is 0.604. The Morgan fingerprint density at radius 3 is 2.13 bits per heavy atom. The lowest BCUT2D eigenvalue weighted by Gasteiger charge is -2.34. The summed E-state index contributed by atoms with van der Waals surface area (Å²) in [6, 6.07) is -2.46. The standard InChI is InChI=1S/C49H77N7O13/c1-10-11-12-13-14-15-16-17-39(61)51-36(27-58)45(64)54-42(29(2)3)46(65)52-35(26-57)38(60)25-41(63)56(9)44(31(6)7)47(66)50-33-20-23-40(62)53-43(30(4)5)48(67)55(8)37(49(68)69-28-33)24-32-18-21-34(59)22-19-32/h15-16,18-23,29-31,33,35-38,42-44,57-60H,10-14,17,24-28H2,1-9H3,(H,50,66)(H,51,61)(H,52,65)(H,53,62)(H,54,64)/b16-15-,23-20+/t33-,35+,36+,37+,38+,42+,43+,44+/m1/s1. The molecule has 0 saturated carbocycles. The van der Waals surface area contributed by atoms with Crippen molar-refractivity contribution in [2.24, 2.45) is 17.8 Å². The normalized spacial score (nSPS) is 19.6. The zero-order valence-electron chi connectivity index (χ0n) is 41.6. The van der Waals surface area contributed by atoms with Gasteiger partial charge in [-0.3, -0.25) is 33.6 Å². The third-order valence-corrected chi connectivity index (χ3v) is 11.8. The highest BCUT2D eigenvalue weighted by atomic mass is 16.5. The molecule has 0 saturated heterocycles. The number of rotatable bonds is 25. The molecule has 0 fully saturated rings. The Hall–Kier alpha value is -5.86. The summed E-state index contributed by atoms with van der Waals surface area (Å²) in [5.74, 6) is -7.10. The molecule has 0 bridgehead atoms. The molecule has 1 aliphatic rings. The number of carbonyl (C=O) groups is 8. The molecular weight excluding hydrogens is 895 g/mol. The summed E-state index contributed by atoms with van der Waals surface area (Å²) >= 11 is 0. The number of aliphatic hydroxyl groups excluding tert-OH is 3. The number of likely N-dealkylation sites (N-methyl/N-ethyl adjacent to an activating group) is 2. The molecule has 1 aromatic carbocycles. The molecule has 1 aliphatic heterocycles. The predicted octanol–water partition coefficient (Wildman–Crippen LogP) is 0.746. The third-order valence-electron chi connectivity index (χ3n) is 11.8. The van der Waals surface area contributed by atoms with Gasteiger partial charge in [0.05, 0.1) is 37.8 Å². The highest BCUT2D eigenvalue weighted by Crippen LogP contribution is 2.19. The molecule has 0 unspecified atom stereocenters. The molecule has 1 aromatic rings. The van der Waals surface area contributed by atoms with Crippen LogP contribution in [0.2, 0.25) is 0 Å². The van der Waals surface area contributed by atoms with Gasteiger partial charge in [-0.15, -0.1) is 0 Å². The first-order chi connectivity index (χ1) is 32.6. The van der Waals surface area contributed by atoms with Gasteiger partial charge in [0.2, 0.25) is 41.4 Å². The molecule has 0 aromatic heterocycles. The van der Waals surface area contributed by atoms with Gasteiger partial charge in [0, 0.05) is 33.0 Å². The van der Waals surface area contributed by atoms with E-state index in [1.54, 1.807) is 59.8 Å². The van der Waals surface area contributed by atoms with Crippen molar-refractivity contribution in [3.8, 4) is 5.75 Å². The third kappa shape index (κ3) is 19.6. The Kier molecular flexibility index (Phi) is 25.7. The van der Waals surface area contributed by atoms with Crippen molar-refractivity contribution in [1.82, 2.24) is 36.4 Å². The number of aromatic hydroxyl groups is 1. The minimum Gasteiger partial charge on any atom is -0.508 e. The van der Waals surface area contributed by atoms with Gasteiger partial charge in [0.15, 0.2) is 0 Å². The maximum Gasteiger partial charge on any atom is 0.329 e. The van der Waals surface area contributed by atoms with Gasteiger partial charge >= 0.3 is 5.97 Å². The number of aliphatic hydroxyl groups is 3. The van der Waals surface area contributed by atoms with Crippen LogP contribution in [0.1, 0.15) is 99.0 Å². The number of hydrogen-bond acceptors (Lipinski definition) is 13. The largest absolute Gasteiger partial charge is 0.508 e. The number of nitrogens with one attached hydrogen (secondary N) is 5. The van der Waals surface area contributed by atoms with Crippen molar-refractivity contribution >= 4 is 47.3 Å². The topological polar surface area (TPSA) is 293 Å². The van der Waals surface area contributed by atoms with E-state index in [4.69, 9.17) is 4.74 Å². The molecule has 386 valence electrons. The molecule has 20 nitrogen and oxygen atoms in total. The number of esters is 1. The number of cyclic esters (lactones) is 1. The highest BCUT2D eigenvalue weighted by molar-refractivity contribution is 5.95. The molecule has 20 heteroatoms. The van der Waals surface area contributed by atoms with Gasteiger partial charge in [-0.25, -0.2) is 4.79 Å². The maximum atomic E-state index is 14.0. The first-order valence-corrected chi connectivity index (χ1v) is 23.8. The van der Waals surface area contributed by atoms with E-state index in [0.29, 0.717) is 5.56 Å². The summed E-state index contributed by atoms with van der Waals surface area (Å²) in [4.78, 5) is 110. The van der Waals surface area contributed by atoms with Crippen LogP contribution in [0, 0.1) is 17.8 Å². The van der Waals surface area contributed by atoms with Crippen LogP contribution in [-0.2, 0) is 49.5 Å². The van der Waals surface area contributed by atoms with Crippen molar-refractivity contribution in [2.75, 3.05) is 33.9 Å². The number of carbonyl (C=O) groups excluding carboxylic acids is 8. The fraction of sp³-hybridized carbons (Fsp3) is 0.633. The number of phenols is 1. The molecular formula is C49H77N7O13. The summed E-state index contributed by atoms with van der Waals surface area (Å²) in [6.45, 7) is 10.1. The number of ether oxygens (including phenoxy) is 1. The second kappa shape index (κ2) is 29.9. The fourth-order valence-electron chi connectivity index (χ4n) is 7.52. The van der Waals surface area contributed by atoms with E-state index in [2.05, 4.69) is 33.5 Å². The van der Waals surface area contributed by atoms with E-state index >= 15 is 0 Å². The van der Waals surface area contributed by atoms with Crippen molar-refractivity contribution in [3.63, 3.8) is 0 Å². The monoisotopic (exact) mass is 972 g/mol. The number of phenolic OH excluding ortho intramolecular Hbond substituents is 1. The molecule has 69 heavy (non-hydrogen) atoms. The van der Waals surface area contributed by atoms with Crippen LogP contribution in [0.3, 0.4) is 0 Å². The van der Waals surface area contributed by atoms with Crippen molar-refractivity contribution in [2.45, 2.75) is 148 Å². The Morgan fingerprint density at radius 1 is 0.884 bits per heavy atom. The maximum absolute atomic E-state index is 14.0. The number of allylic oxidation sites excluding steroid dienone is 1. The van der Waals surface area contributed by atoms with Gasteiger partial charge in [0.25, 0.3) is 0 Å². The molecule has 7 amide bonds. The second-order valence-electron chi connectivity index (χ2n) is 18.5. The SMILES string of the molecule is CCCCCC/C=C\CC(=O)N[C@@H](CO)C(=O)N[C@H](C(=O)N[C@@H](CO)[C@@H](O)CC(=O)N(C)[C@H](C(=O)N[C@@H]1/C=C/C(=O)N[C@@H](C(C)C)C(=O)N(C)[C@@H](Cc2ccc(O)cc2)C(=O)OC1)C(C)C)C(C)C. The lowest BCUT2D eigenvalue weighted by molar-refractivity contribution is -0.156. The van der Waals surface area contributed by atoms with Crippen LogP contribution in [0.25, 0.3) is 0 Å². The van der Waals surface area contributed by atoms with E-state index in [9.17, 15) is 58.8 Å². The van der Waals surface area contributed by atoms with Crippen LogP contribution in [0.4, 0.5) is 0 Å². The zero-order chi connectivity index (χ0) is 52.0. The van der Waals surface area contributed by atoms with Crippen molar-refractivity contribution < 1.29 is 63.5 Å². The Morgan fingerprint density at radius 2 is 1.55 bits per heavy atom. The first-order valence-electron chi connectivity index (χ1n) is 23.8. The molecule has 1 heterocycles. The van der Waals surface area contributed by atoms with E-state index in [1.807, 2.05) is 6.08 Å². The molecule has 0 aliphatic carbocycles. The summed E-state index contributed by atoms with van der Waals surface area (Å²) in [5, 5.41) is 53.9. The average Bonchev–Trinajstić information content (AvgIpc) is 3.29. The first kappa shape index (κ1) is 59.3. The van der Waals surface area contributed by atoms with Gasteiger partial charge in [0.1, 0.15) is 42.6 Å². The molecule has 8 atom stereocenters. The molecule has 2 rings (SSSR count). The molecule has 9 N–H and O–H groups in total. The van der Waals surface area contributed by atoms with Gasteiger partial charge in [-0.1, -0.05) is 98.1 Å². The van der Waals surface area contributed by atoms with Gasteiger partial charge in [-0.05, 0) is 48.3 Å². The lowest BCUT2D eigenvalue weighted by atomic mass is 9.99. The smallest absolute Gasteiger partial charge is 0.329 e. The average molecular weight is 972 g/mol. The predicted molar refractivity (Wildman–Crippen MR) is 257 cm³/mol. The number of hydrogen-bond donors (Lipinski definition) is 9. The van der Waals surface area contributed by atoms with Gasteiger partial charge in [-0.2, -0.15) is 0 Å². The minimum absolute atomic E-state index is 0.000576. The number of unbranched alkanes of at least 4 members (excludes halogenated alkanes) is 4. The summed E-state index contributed by atoms with van der Waals surface area (Å²) in [6.07, 6.45) is 8.73. The second-order valence-corrected chi connectivity index (χ2v) is 18.5. The van der Waals surface area contributed by atoms with E-state index in [0.717, 1.165) is 43.1 Å². The van der Waals surface area contributed by atoms with E-state index in [1.165, 1.54) is 37.2 Å². The minimum atomic E-state index is -1.68. The number of benzene rings is 1. The summed E-state index contributed by atoms with van der Waals surface area (Å²) < 4.78 is 5.67. The van der Waals surface area contributed by atoms with E-state index < -0.39 is 134 Å². The summed E-state index contributed by atoms with van der Waals surface area (Å²) in [7, 11) is 2.75. The van der Waals surface area contributed by atoms with Crippen LogP contribution < -0.4 is 26.6 Å². The quantitative estimate of drug-likeness (QED) is 0.0372. The van der Waals surface area contributed by atoms with Crippen LogP contribution in [0.15, 0.2) is 48.6 Å². The Balaban J connectivity index is 2.19. The van der Waals surface area contributed by atoms with Gasteiger partial charge < -0.3 is 61.5 Å². The lowest BCUT2D eigenvalue weighted by Crippen LogP contribution is -2.59. The van der Waals surface area contributed by atoms with Crippen LogP contribution in [-0.4, -0.2) is 160 Å². The molecule has 0 radical (unpaired) electrons. The molecule has 0 spiro atoms. The Labute approximate surface area is 406 Å². The zero-order valence-corrected chi connectivity index (χ0v) is 41.6. The van der Waals surface area contributed by atoms with Crippen LogP contribution in [0.5, 0.6) is 5.75 Å². The van der Waals surface area contributed by atoms with Crippen molar-refractivity contribution in [1.29, 1.82) is 0 Å². The number of amides is 7. The Bertz CT molecular complexity index is 1920. The fourth-order valence-corrected chi connectivity index (χ4v) is 7.52. The van der Waals surface area contributed by atoms with E-state index in [-0.39, 0.29) is 24.5 Å². The van der Waals surface area contributed by atoms with Crippen molar-refractivity contribution in [3.05, 3.63) is 54.1 Å².